The van der Waals surface area contributed by atoms with Gasteiger partial charge in [0.2, 0.25) is 0 Å². The average molecular weight is 206 g/mol. The summed E-state index contributed by atoms with van der Waals surface area (Å²) in [4.78, 5) is 9.99. The van der Waals surface area contributed by atoms with Crippen molar-refractivity contribution in [3.63, 3.8) is 0 Å². The predicted molar refractivity (Wildman–Crippen MR) is 56.5 cm³/mol. The maximum Gasteiger partial charge on any atom is 0.158 e. The topological polar surface area (TPSA) is 62.0 Å². The number of ether oxygens (including phenoxy) is 1. The van der Waals surface area contributed by atoms with Crippen molar-refractivity contribution in [1.82, 2.24) is 9.97 Å². The Morgan fingerprint density at radius 2 is 2.27 bits per heavy atom. The zero-order chi connectivity index (χ0) is 11.1. The molecule has 5 heteroatoms. The summed E-state index contributed by atoms with van der Waals surface area (Å²) in [7, 11) is 1.91. The van der Waals surface area contributed by atoms with Crippen LogP contribution in [0.15, 0.2) is 12.4 Å². The molecule has 0 radical (unpaired) electrons. The number of anilines is 1. The van der Waals surface area contributed by atoms with E-state index >= 15 is 0 Å². The third kappa shape index (κ3) is 3.52. The number of hydrogen-bond acceptors (Lipinski definition) is 5. The van der Waals surface area contributed by atoms with Crippen molar-refractivity contribution in [3.8, 4) is 6.07 Å². The molecular weight excluding hydrogens is 192 g/mol. The van der Waals surface area contributed by atoms with Gasteiger partial charge in [0.25, 0.3) is 0 Å². The molecular formula is C10H14N4O. The standard InChI is InChI=1S/C10H14N4O/c1-3-15-5-4-14(2)10-8-12-9(6-11)7-13-10/h7-8H,3-5H2,1-2H3. The molecule has 0 saturated heterocycles. The second-order valence-corrected chi connectivity index (χ2v) is 2.99. The van der Waals surface area contributed by atoms with Crippen LogP contribution in [0.1, 0.15) is 12.6 Å². The molecule has 0 amide bonds. The second kappa shape index (κ2) is 5.94. The van der Waals surface area contributed by atoms with Crippen molar-refractivity contribution in [2.24, 2.45) is 0 Å². The monoisotopic (exact) mass is 206 g/mol. The maximum absolute atomic E-state index is 8.55. The Bertz CT molecular complexity index is 330. The number of hydrogen-bond donors (Lipinski definition) is 0. The Labute approximate surface area is 89.3 Å². The molecule has 0 bridgehead atoms. The predicted octanol–water partition coefficient (Wildman–Crippen LogP) is 0.821. The highest BCUT2D eigenvalue weighted by molar-refractivity contribution is 5.35. The van der Waals surface area contributed by atoms with Crippen LogP contribution in [0.3, 0.4) is 0 Å². The molecule has 0 aliphatic carbocycles. The lowest BCUT2D eigenvalue weighted by Crippen LogP contribution is -2.23. The van der Waals surface area contributed by atoms with Gasteiger partial charge in [0, 0.05) is 20.2 Å². The molecule has 80 valence electrons. The van der Waals surface area contributed by atoms with Gasteiger partial charge < -0.3 is 9.64 Å². The van der Waals surface area contributed by atoms with Gasteiger partial charge in [-0.05, 0) is 6.92 Å². The quantitative estimate of drug-likeness (QED) is 0.667. The van der Waals surface area contributed by atoms with Crippen molar-refractivity contribution in [2.45, 2.75) is 6.92 Å². The molecule has 1 aromatic heterocycles. The van der Waals surface area contributed by atoms with Gasteiger partial charge >= 0.3 is 0 Å². The fraction of sp³-hybridized carbons (Fsp3) is 0.500. The van der Waals surface area contributed by atoms with E-state index in [4.69, 9.17) is 10.00 Å². The largest absolute Gasteiger partial charge is 0.380 e. The summed E-state index contributed by atoms with van der Waals surface area (Å²) in [5.41, 5.74) is 0.331. The van der Waals surface area contributed by atoms with Gasteiger partial charge in [-0.15, -0.1) is 0 Å². The Balaban J connectivity index is 2.51. The Hall–Kier alpha value is -1.67. The first-order valence-corrected chi connectivity index (χ1v) is 4.79. The smallest absolute Gasteiger partial charge is 0.158 e. The molecule has 0 fully saturated rings. The molecule has 1 rings (SSSR count). The van der Waals surface area contributed by atoms with Gasteiger partial charge in [-0.25, -0.2) is 9.97 Å². The minimum absolute atomic E-state index is 0.331. The lowest BCUT2D eigenvalue weighted by Gasteiger charge is -2.16. The van der Waals surface area contributed by atoms with Crippen LogP contribution in [0.25, 0.3) is 0 Å². The molecule has 0 atom stereocenters. The van der Waals surface area contributed by atoms with E-state index in [9.17, 15) is 0 Å². The average Bonchev–Trinajstić information content (AvgIpc) is 2.29. The fourth-order valence-electron chi connectivity index (χ4n) is 1.04. The van der Waals surface area contributed by atoms with E-state index in [1.807, 2.05) is 24.9 Å². The highest BCUT2D eigenvalue weighted by Gasteiger charge is 2.02. The summed E-state index contributed by atoms with van der Waals surface area (Å²) >= 11 is 0. The molecule has 0 aliphatic rings. The Kier molecular flexibility index (Phi) is 4.51. The summed E-state index contributed by atoms with van der Waals surface area (Å²) in [5, 5.41) is 8.55. The van der Waals surface area contributed by atoms with Crippen LogP contribution in [0.2, 0.25) is 0 Å². The van der Waals surface area contributed by atoms with E-state index < -0.39 is 0 Å². The third-order valence-corrected chi connectivity index (χ3v) is 1.92. The summed E-state index contributed by atoms with van der Waals surface area (Å²) in [6.07, 6.45) is 3.05. The number of nitrogens with zero attached hydrogens (tertiary/aromatic N) is 4. The molecule has 0 saturated carbocycles. The Morgan fingerprint density at radius 3 is 2.80 bits per heavy atom. The van der Waals surface area contributed by atoms with Crippen LogP contribution in [-0.4, -0.2) is 36.8 Å². The van der Waals surface area contributed by atoms with Gasteiger partial charge in [-0.2, -0.15) is 5.26 Å². The first-order valence-electron chi connectivity index (χ1n) is 4.79. The summed E-state index contributed by atoms with van der Waals surface area (Å²) in [5.74, 6) is 0.744. The van der Waals surface area contributed by atoms with E-state index in [0.29, 0.717) is 18.9 Å². The van der Waals surface area contributed by atoms with Crippen LogP contribution in [0.5, 0.6) is 0 Å². The van der Waals surface area contributed by atoms with Crippen LogP contribution >= 0.6 is 0 Å². The first-order chi connectivity index (χ1) is 7.27. The maximum atomic E-state index is 8.55. The van der Waals surface area contributed by atoms with Crippen molar-refractivity contribution >= 4 is 5.82 Å². The molecule has 5 nitrogen and oxygen atoms in total. The SMILES string of the molecule is CCOCCN(C)c1cnc(C#N)cn1. The van der Waals surface area contributed by atoms with Crippen LogP contribution in [0, 0.1) is 11.3 Å². The molecule has 0 unspecified atom stereocenters. The van der Waals surface area contributed by atoms with Crippen molar-refractivity contribution in [1.29, 1.82) is 5.26 Å². The van der Waals surface area contributed by atoms with Crippen LogP contribution in [0.4, 0.5) is 5.82 Å². The zero-order valence-electron chi connectivity index (χ0n) is 8.97. The van der Waals surface area contributed by atoms with Gasteiger partial charge in [0.15, 0.2) is 5.69 Å². The highest BCUT2D eigenvalue weighted by Crippen LogP contribution is 2.05. The van der Waals surface area contributed by atoms with Crippen LogP contribution < -0.4 is 4.90 Å². The summed E-state index contributed by atoms with van der Waals surface area (Å²) in [6, 6.07) is 1.93. The van der Waals surface area contributed by atoms with Crippen molar-refractivity contribution < 1.29 is 4.74 Å². The lowest BCUT2D eigenvalue weighted by atomic mass is 10.5. The highest BCUT2D eigenvalue weighted by atomic mass is 16.5. The normalized spacial score (nSPS) is 9.67. The number of rotatable bonds is 5. The number of aromatic nitrogens is 2. The zero-order valence-corrected chi connectivity index (χ0v) is 8.97. The third-order valence-electron chi connectivity index (χ3n) is 1.92. The van der Waals surface area contributed by atoms with Gasteiger partial charge in [0.05, 0.1) is 19.0 Å². The second-order valence-electron chi connectivity index (χ2n) is 2.99. The first kappa shape index (κ1) is 11.4. The lowest BCUT2D eigenvalue weighted by molar-refractivity contribution is 0.154. The molecule has 15 heavy (non-hydrogen) atoms. The summed E-state index contributed by atoms with van der Waals surface area (Å²) < 4.78 is 5.23. The van der Waals surface area contributed by atoms with E-state index in [-0.39, 0.29) is 0 Å². The molecule has 0 aliphatic heterocycles. The minimum Gasteiger partial charge on any atom is -0.380 e. The summed E-state index contributed by atoms with van der Waals surface area (Å²) in [6.45, 7) is 4.09. The number of likely N-dealkylation sites (N-methyl/N-ethyl adjacent to an activating group) is 1. The van der Waals surface area contributed by atoms with E-state index in [0.717, 1.165) is 12.4 Å². The molecule has 0 N–H and O–H groups in total. The van der Waals surface area contributed by atoms with E-state index in [1.54, 1.807) is 6.20 Å². The molecule has 0 aromatic carbocycles. The molecule has 1 heterocycles. The van der Waals surface area contributed by atoms with Crippen molar-refractivity contribution in [3.05, 3.63) is 18.1 Å². The minimum atomic E-state index is 0.331. The van der Waals surface area contributed by atoms with Gasteiger partial charge in [-0.1, -0.05) is 0 Å². The Morgan fingerprint density at radius 1 is 1.47 bits per heavy atom. The van der Waals surface area contributed by atoms with Gasteiger partial charge in [-0.3, -0.25) is 0 Å². The fourth-order valence-corrected chi connectivity index (χ4v) is 1.04. The van der Waals surface area contributed by atoms with Crippen molar-refractivity contribution in [2.75, 3.05) is 31.7 Å². The molecule has 1 aromatic rings. The van der Waals surface area contributed by atoms with E-state index in [1.165, 1.54) is 6.20 Å². The van der Waals surface area contributed by atoms with E-state index in [2.05, 4.69) is 9.97 Å². The molecule has 0 spiro atoms. The van der Waals surface area contributed by atoms with Crippen LogP contribution in [-0.2, 0) is 4.74 Å². The van der Waals surface area contributed by atoms with Gasteiger partial charge in [0.1, 0.15) is 11.9 Å². The number of nitriles is 1.